The predicted molar refractivity (Wildman–Crippen MR) is 55.7 cm³/mol. The van der Waals surface area contributed by atoms with E-state index in [4.69, 9.17) is 11.0 Å². The molecule has 0 aliphatic heterocycles. The first-order valence-electron chi connectivity index (χ1n) is 4.56. The number of anilines is 1. The Kier molecular flexibility index (Phi) is 1.76. The van der Waals surface area contributed by atoms with Gasteiger partial charge in [-0.3, -0.25) is 0 Å². The topological polar surface area (TPSA) is 135 Å². The van der Waals surface area contributed by atoms with Gasteiger partial charge < -0.3 is 10.7 Å². The molecule has 0 spiro atoms. The Morgan fingerprint density at radius 2 is 2.24 bits per heavy atom. The van der Waals surface area contributed by atoms with Crippen LogP contribution in [0.1, 0.15) is 5.82 Å². The summed E-state index contributed by atoms with van der Waals surface area (Å²) in [6, 6.07) is 1.83. The number of rotatable bonds is 1. The fourth-order valence-electron chi connectivity index (χ4n) is 1.42. The van der Waals surface area contributed by atoms with Gasteiger partial charge in [-0.15, -0.1) is 5.10 Å². The number of nitriles is 1. The second-order valence-corrected chi connectivity index (χ2v) is 3.13. The summed E-state index contributed by atoms with van der Waals surface area (Å²) >= 11 is 0. The number of imidazole rings is 1. The van der Waals surface area contributed by atoms with E-state index in [1.807, 2.05) is 6.07 Å². The molecular formula is C8H5N9. The lowest BCUT2D eigenvalue weighted by molar-refractivity contribution is 0.844. The molecule has 0 saturated carbocycles. The van der Waals surface area contributed by atoms with Crippen molar-refractivity contribution in [3.05, 3.63) is 18.5 Å². The van der Waals surface area contributed by atoms with Crippen molar-refractivity contribution in [1.29, 1.82) is 5.26 Å². The minimum atomic E-state index is 0.0508. The van der Waals surface area contributed by atoms with Crippen molar-refractivity contribution in [2.24, 2.45) is 0 Å². The van der Waals surface area contributed by atoms with Gasteiger partial charge in [0.25, 0.3) is 5.82 Å². The standard InChI is InChI=1S/C8H5N9/c9-1-4-13-3-17(16-4)7-5-6(12-2-11-5)14-8(10)15-7/h2-3H,(H3,10,11,12,14,15). The lowest BCUT2D eigenvalue weighted by Crippen LogP contribution is -2.04. The van der Waals surface area contributed by atoms with Gasteiger partial charge in [0.1, 0.15) is 17.9 Å². The number of hydrogen-bond acceptors (Lipinski definition) is 7. The van der Waals surface area contributed by atoms with Crippen molar-refractivity contribution < 1.29 is 0 Å². The smallest absolute Gasteiger partial charge is 0.252 e. The number of H-pyrrole nitrogens is 1. The number of fused-ring (bicyclic) bond motifs is 1. The van der Waals surface area contributed by atoms with Crippen LogP contribution in [0.2, 0.25) is 0 Å². The van der Waals surface area contributed by atoms with E-state index in [0.29, 0.717) is 17.0 Å². The molecule has 9 nitrogen and oxygen atoms in total. The van der Waals surface area contributed by atoms with Crippen molar-refractivity contribution in [2.45, 2.75) is 0 Å². The second kappa shape index (κ2) is 3.24. The van der Waals surface area contributed by atoms with Crippen LogP contribution in [0.5, 0.6) is 0 Å². The minimum Gasteiger partial charge on any atom is -0.368 e. The summed E-state index contributed by atoms with van der Waals surface area (Å²) in [5.41, 5.74) is 6.57. The van der Waals surface area contributed by atoms with E-state index in [9.17, 15) is 0 Å². The Morgan fingerprint density at radius 3 is 3.00 bits per heavy atom. The number of aromatic nitrogens is 7. The highest BCUT2D eigenvalue weighted by molar-refractivity contribution is 5.78. The summed E-state index contributed by atoms with van der Waals surface area (Å²) in [6.07, 6.45) is 2.85. The quantitative estimate of drug-likeness (QED) is 0.565. The fourth-order valence-corrected chi connectivity index (χ4v) is 1.42. The van der Waals surface area contributed by atoms with Crippen LogP contribution >= 0.6 is 0 Å². The van der Waals surface area contributed by atoms with Crippen molar-refractivity contribution in [1.82, 2.24) is 34.7 Å². The summed E-state index contributed by atoms with van der Waals surface area (Å²) < 4.78 is 1.34. The Labute approximate surface area is 94.0 Å². The number of hydrogen-bond donors (Lipinski definition) is 2. The van der Waals surface area contributed by atoms with Gasteiger partial charge in [0, 0.05) is 0 Å². The molecule has 3 N–H and O–H groups in total. The van der Waals surface area contributed by atoms with Crippen LogP contribution < -0.4 is 5.73 Å². The molecule has 3 aromatic rings. The van der Waals surface area contributed by atoms with E-state index in [1.165, 1.54) is 17.3 Å². The molecule has 9 heteroatoms. The van der Waals surface area contributed by atoms with Crippen LogP contribution in [0.25, 0.3) is 17.0 Å². The lowest BCUT2D eigenvalue weighted by atomic mass is 10.5. The van der Waals surface area contributed by atoms with Crippen LogP contribution in [0.3, 0.4) is 0 Å². The Balaban J connectivity index is 2.29. The van der Waals surface area contributed by atoms with Crippen LogP contribution in [0.15, 0.2) is 12.7 Å². The molecule has 0 saturated heterocycles. The summed E-state index contributed by atoms with van der Waals surface area (Å²) in [7, 11) is 0. The van der Waals surface area contributed by atoms with Crippen LogP contribution in [0.4, 0.5) is 5.95 Å². The predicted octanol–water partition coefficient (Wildman–Crippen LogP) is -0.613. The van der Waals surface area contributed by atoms with Gasteiger partial charge in [0.2, 0.25) is 5.95 Å². The first-order chi connectivity index (χ1) is 8.28. The zero-order chi connectivity index (χ0) is 11.8. The summed E-state index contributed by atoms with van der Waals surface area (Å²) in [6.45, 7) is 0. The van der Waals surface area contributed by atoms with Crippen molar-refractivity contribution >= 4 is 17.1 Å². The fraction of sp³-hybridized carbons (Fsp3) is 0. The van der Waals surface area contributed by atoms with Gasteiger partial charge in [-0.1, -0.05) is 0 Å². The third kappa shape index (κ3) is 1.36. The van der Waals surface area contributed by atoms with Crippen molar-refractivity contribution in [3.8, 4) is 11.9 Å². The molecule has 0 amide bonds. The zero-order valence-electron chi connectivity index (χ0n) is 8.36. The second-order valence-electron chi connectivity index (χ2n) is 3.13. The highest BCUT2D eigenvalue weighted by Crippen LogP contribution is 2.15. The zero-order valence-corrected chi connectivity index (χ0v) is 8.36. The SMILES string of the molecule is N#Cc1ncn(-c2nc(N)nc3nc[nH]c23)n1. The van der Waals surface area contributed by atoms with Gasteiger partial charge in [-0.25, -0.2) is 9.97 Å². The number of nitrogens with zero attached hydrogens (tertiary/aromatic N) is 7. The van der Waals surface area contributed by atoms with E-state index in [2.05, 4.69) is 30.0 Å². The number of nitrogen functional groups attached to an aromatic ring is 1. The highest BCUT2D eigenvalue weighted by atomic mass is 15.4. The molecule has 0 atom stereocenters. The average Bonchev–Trinajstić information content (AvgIpc) is 2.95. The average molecular weight is 227 g/mol. The van der Waals surface area contributed by atoms with Crippen molar-refractivity contribution in [3.63, 3.8) is 0 Å². The summed E-state index contributed by atoms with van der Waals surface area (Å²) in [5, 5.41) is 12.6. The molecule has 0 aromatic carbocycles. The Morgan fingerprint density at radius 1 is 1.35 bits per heavy atom. The van der Waals surface area contributed by atoms with Gasteiger partial charge in [0.05, 0.1) is 6.33 Å². The maximum absolute atomic E-state index is 8.66. The normalized spacial score (nSPS) is 10.5. The molecule has 0 unspecified atom stereocenters. The molecule has 0 aliphatic carbocycles. The summed E-state index contributed by atoms with van der Waals surface area (Å²) in [5.74, 6) is 0.530. The van der Waals surface area contributed by atoms with Gasteiger partial charge in [-0.05, 0) is 0 Å². The third-order valence-electron chi connectivity index (χ3n) is 2.09. The Bertz CT molecular complexity index is 731. The van der Waals surface area contributed by atoms with Gasteiger partial charge in [-0.2, -0.15) is 19.9 Å². The largest absolute Gasteiger partial charge is 0.368 e. The number of nitrogens with one attached hydrogen (secondary N) is 1. The van der Waals surface area contributed by atoms with Gasteiger partial charge in [0.15, 0.2) is 11.5 Å². The van der Waals surface area contributed by atoms with E-state index in [-0.39, 0.29) is 11.8 Å². The lowest BCUT2D eigenvalue weighted by Gasteiger charge is -2.00. The molecule has 0 aliphatic rings. The van der Waals surface area contributed by atoms with Crippen LogP contribution in [-0.4, -0.2) is 34.7 Å². The summed E-state index contributed by atoms with van der Waals surface area (Å²) in [4.78, 5) is 18.6. The van der Waals surface area contributed by atoms with Crippen molar-refractivity contribution in [2.75, 3.05) is 5.73 Å². The van der Waals surface area contributed by atoms with E-state index in [1.54, 1.807) is 0 Å². The monoisotopic (exact) mass is 227 g/mol. The molecule has 0 fully saturated rings. The molecule has 0 bridgehead atoms. The molecule has 3 aromatic heterocycles. The van der Waals surface area contributed by atoms with E-state index < -0.39 is 0 Å². The molecule has 82 valence electrons. The maximum atomic E-state index is 8.66. The Hall–Kier alpha value is -3.02. The van der Waals surface area contributed by atoms with E-state index in [0.717, 1.165) is 0 Å². The first-order valence-corrected chi connectivity index (χ1v) is 4.56. The third-order valence-corrected chi connectivity index (χ3v) is 2.09. The highest BCUT2D eigenvalue weighted by Gasteiger charge is 2.12. The first kappa shape index (κ1) is 9.22. The molecule has 17 heavy (non-hydrogen) atoms. The van der Waals surface area contributed by atoms with Crippen LogP contribution in [0, 0.1) is 11.3 Å². The maximum Gasteiger partial charge on any atom is 0.252 e. The molecule has 0 radical (unpaired) electrons. The number of nitrogens with two attached hydrogens (primary N) is 1. The minimum absolute atomic E-state index is 0.0508. The van der Waals surface area contributed by atoms with Gasteiger partial charge >= 0.3 is 0 Å². The molecular weight excluding hydrogens is 222 g/mol. The number of aromatic amines is 1. The van der Waals surface area contributed by atoms with E-state index >= 15 is 0 Å². The van der Waals surface area contributed by atoms with Crippen LogP contribution in [-0.2, 0) is 0 Å². The molecule has 3 rings (SSSR count). The molecule has 3 heterocycles.